The molecular weight excluding hydrogens is 667 g/mol. The first-order valence-electron chi connectivity index (χ1n) is 20.3. The van der Waals surface area contributed by atoms with Crippen LogP contribution in [0.25, 0.3) is 16.6 Å². The Balaban J connectivity index is 1.37. The molecule has 3 saturated heterocycles. The molecule has 52 heavy (non-hydrogen) atoms. The Hall–Kier alpha value is -3.14. The number of likely N-dealkylation sites (tertiary alicyclic amines) is 2. The predicted molar refractivity (Wildman–Crippen MR) is 215 cm³/mol. The highest BCUT2D eigenvalue weighted by Gasteiger charge is 2.32. The molecule has 1 atom stereocenters. The Morgan fingerprint density at radius 2 is 1.58 bits per heavy atom. The van der Waals surface area contributed by atoms with Crippen LogP contribution in [0.1, 0.15) is 132 Å². The Kier molecular flexibility index (Phi) is 13.2. The summed E-state index contributed by atoms with van der Waals surface area (Å²) >= 11 is 0. The van der Waals surface area contributed by atoms with Crippen LogP contribution in [-0.4, -0.2) is 78.3 Å². The second-order valence-electron chi connectivity index (χ2n) is 15.7. The molecule has 1 N–H and O–H groups in total. The van der Waals surface area contributed by atoms with Gasteiger partial charge in [-0.1, -0.05) is 82.0 Å². The van der Waals surface area contributed by atoms with Crippen molar-refractivity contribution in [2.24, 2.45) is 0 Å². The Morgan fingerprint density at radius 1 is 0.923 bits per heavy atom. The molecule has 1 aliphatic carbocycles. The monoisotopic (exact) mass is 729 g/mol. The van der Waals surface area contributed by atoms with Gasteiger partial charge in [-0.05, 0) is 95.3 Å². The summed E-state index contributed by atoms with van der Waals surface area (Å²) in [7, 11) is -3.70. The van der Waals surface area contributed by atoms with Crippen LogP contribution in [0.2, 0.25) is 0 Å². The molecule has 1 aromatic heterocycles. The fraction of sp³-hybridized carbons (Fsp3) is 0.605. The molecule has 0 spiro atoms. The number of aromatic nitrogens is 1. The Bertz CT molecular complexity index is 1730. The smallest absolute Gasteiger partial charge is 0.301 e. The fourth-order valence-electron chi connectivity index (χ4n) is 9.22. The van der Waals surface area contributed by atoms with Crippen molar-refractivity contribution in [2.45, 2.75) is 128 Å². The minimum absolute atomic E-state index is 0.0701. The van der Waals surface area contributed by atoms with E-state index < -0.39 is 10.2 Å². The van der Waals surface area contributed by atoms with E-state index in [1.807, 2.05) is 25.1 Å². The summed E-state index contributed by atoms with van der Waals surface area (Å²) in [4.78, 5) is 19.3. The molecule has 6 rings (SSSR count). The van der Waals surface area contributed by atoms with Gasteiger partial charge in [0, 0.05) is 71.6 Å². The second-order valence-corrected chi connectivity index (χ2v) is 17.3. The zero-order chi connectivity index (χ0) is 36.7. The van der Waals surface area contributed by atoms with Gasteiger partial charge in [0.1, 0.15) is 0 Å². The van der Waals surface area contributed by atoms with Gasteiger partial charge in [0.05, 0.1) is 6.54 Å². The van der Waals surface area contributed by atoms with Crippen LogP contribution in [-0.2, 0) is 21.5 Å². The van der Waals surface area contributed by atoms with Crippen LogP contribution in [0.5, 0.6) is 0 Å². The minimum atomic E-state index is -3.70. The normalized spacial score (nSPS) is 21.5. The number of benzene rings is 1. The maximum atomic E-state index is 14.5. The van der Waals surface area contributed by atoms with Crippen molar-refractivity contribution in [3.63, 3.8) is 0 Å². The van der Waals surface area contributed by atoms with E-state index in [-0.39, 0.29) is 11.8 Å². The predicted octanol–water partition coefficient (Wildman–Crippen LogP) is 8.64. The third-order valence-corrected chi connectivity index (χ3v) is 13.7. The molecule has 4 heterocycles. The number of fused-ring (bicyclic) bond motifs is 1. The largest absolute Gasteiger partial charge is 0.339 e. The van der Waals surface area contributed by atoms with Gasteiger partial charge in [-0.25, -0.2) is 0 Å². The van der Waals surface area contributed by atoms with Crippen LogP contribution < -0.4 is 4.72 Å². The molecule has 1 aromatic carbocycles. The average Bonchev–Trinajstić information content (AvgIpc) is 3.51. The molecule has 8 nitrogen and oxygen atoms in total. The van der Waals surface area contributed by atoms with E-state index in [0.717, 1.165) is 74.7 Å². The van der Waals surface area contributed by atoms with Gasteiger partial charge in [0.15, 0.2) is 0 Å². The van der Waals surface area contributed by atoms with Crippen LogP contribution in [0.15, 0.2) is 61.2 Å². The highest BCUT2D eigenvalue weighted by Crippen LogP contribution is 2.44. The minimum Gasteiger partial charge on any atom is -0.339 e. The van der Waals surface area contributed by atoms with E-state index in [9.17, 15) is 13.2 Å². The van der Waals surface area contributed by atoms with Crippen molar-refractivity contribution in [3.8, 4) is 0 Å². The van der Waals surface area contributed by atoms with Crippen molar-refractivity contribution in [3.05, 3.63) is 78.1 Å². The van der Waals surface area contributed by atoms with E-state index in [1.54, 1.807) is 0 Å². The molecular formula is C43H63N5O3S. The molecule has 3 aliphatic heterocycles. The summed E-state index contributed by atoms with van der Waals surface area (Å²) in [5.41, 5.74) is 5.54. The van der Waals surface area contributed by atoms with Crippen LogP contribution in [0, 0.1) is 0 Å². The summed E-state index contributed by atoms with van der Waals surface area (Å²) in [5.74, 6) is 0.636. The number of hydrogen-bond acceptors (Lipinski definition) is 4. The summed E-state index contributed by atoms with van der Waals surface area (Å²) in [5, 5.41) is 1.19. The van der Waals surface area contributed by atoms with Crippen molar-refractivity contribution in [2.75, 3.05) is 39.3 Å². The first-order valence-corrected chi connectivity index (χ1v) is 21.7. The molecule has 0 radical (unpaired) electrons. The van der Waals surface area contributed by atoms with Gasteiger partial charge >= 0.3 is 10.2 Å². The molecule has 1 unspecified atom stereocenters. The molecule has 4 fully saturated rings. The zero-order valence-electron chi connectivity index (χ0n) is 32.0. The number of carbonyl (C=O) groups is 1. The lowest BCUT2D eigenvalue weighted by atomic mass is 9.81. The number of hydrogen-bond donors (Lipinski definition) is 1. The number of nitrogens with zero attached hydrogens (tertiary/aromatic N) is 4. The number of amides is 1. The second kappa shape index (κ2) is 17.8. The zero-order valence-corrected chi connectivity index (χ0v) is 32.8. The van der Waals surface area contributed by atoms with E-state index in [4.69, 9.17) is 0 Å². The number of nitrogens with one attached hydrogen (secondary N) is 1. The molecule has 1 saturated carbocycles. The molecule has 0 bridgehead atoms. The maximum absolute atomic E-state index is 14.5. The SMILES string of the molecule is C=CC(C)c1c(C2CCCCC2)c2ccc(C(=C)NS(=O)(=O)N3CCCCC3)cc2n1C/C(=C\C/C=C\C)C(=O)N1CCC(N2CCCCC2)CC1. The Labute approximate surface area is 313 Å². The third kappa shape index (κ3) is 8.79. The molecule has 2 aromatic rings. The topological polar surface area (TPSA) is 77.9 Å². The van der Waals surface area contributed by atoms with E-state index in [1.165, 1.54) is 72.6 Å². The number of piperidine rings is 3. The first-order chi connectivity index (χ1) is 25.2. The van der Waals surface area contributed by atoms with Crippen molar-refractivity contribution < 1.29 is 13.2 Å². The van der Waals surface area contributed by atoms with Crippen molar-refractivity contribution in [1.82, 2.24) is 23.4 Å². The van der Waals surface area contributed by atoms with Gasteiger partial charge in [0.2, 0.25) is 0 Å². The fourth-order valence-corrected chi connectivity index (χ4v) is 10.5. The lowest BCUT2D eigenvalue weighted by molar-refractivity contribution is -0.129. The van der Waals surface area contributed by atoms with Crippen LogP contribution >= 0.6 is 0 Å². The molecule has 4 aliphatic rings. The van der Waals surface area contributed by atoms with Gasteiger partial charge in [-0.2, -0.15) is 12.7 Å². The third-order valence-electron chi connectivity index (χ3n) is 12.2. The maximum Gasteiger partial charge on any atom is 0.301 e. The van der Waals surface area contributed by atoms with E-state index >= 15 is 0 Å². The van der Waals surface area contributed by atoms with Gasteiger partial charge in [0.25, 0.3) is 5.91 Å². The van der Waals surface area contributed by atoms with Crippen LogP contribution in [0.4, 0.5) is 0 Å². The highest BCUT2D eigenvalue weighted by atomic mass is 32.2. The van der Waals surface area contributed by atoms with Crippen LogP contribution in [0.3, 0.4) is 0 Å². The van der Waals surface area contributed by atoms with Crippen molar-refractivity contribution >= 4 is 32.7 Å². The lowest BCUT2D eigenvalue weighted by Crippen LogP contribution is -2.48. The van der Waals surface area contributed by atoms with Gasteiger partial charge in [-0.3, -0.25) is 9.52 Å². The number of rotatable bonds is 13. The molecule has 9 heteroatoms. The summed E-state index contributed by atoms with van der Waals surface area (Å²) in [6.07, 6.45) is 23.8. The first kappa shape index (κ1) is 38.6. The van der Waals surface area contributed by atoms with Crippen molar-refractivity contribution in [1.29, 1.82) is 0 Å². The molecule has 1 amide bonds. The number of allylic oxidation sites excluding steroid dienone is 4. The van der Waals surface area contributed by atoms with E-state index in [0.29, 0.717) is 43.7 Å². The standard InChI is InChI=1S/C43H63N5O3S/c1-5-7-11-20-37(43(49)46-29-23-38(24-30-46)45-25-14-9-15-26-45)32-48-40-31-36(34(4)44-52(50,51)47-27-16-10-17-28-47)21-22-39(40)41(42(48)33(3)6-2)35-18-12-8-13-19-35/h5-7,20-22,31,33,35,38,44H,2,4,8-19,23-30,32H2,1,3H3/b7-5-,37-20+. The average molecular weight is 730 g/mol. The van der Waals surface area contributed by atoms with E-state index in [2.05, 4.69) is 63.5 Å². The summed E-state index contributed by atoms with van der Waals surface area (Å²) < 4.78 is 33.5. The number of carbonyl (C=O) groups excluding carboxylic acids is 1. The summed E-state index contributed by atoms with van der Waals surface area (Å²) in [6, 6.07) is 6.86. The summed E-state index contributed by atoms with van der Waals surface area (Å²) in [6.45, 7) is 18.2. The Morgan fingerprint density at radius 3 is 2.23 bits per heavy atom. The highest BCUT2D eigenvalue weighted by molar-refractivity contribution is 7.87. The van der Waals surface area contributed by atoms with Gasteiger partial charge < -0.3 is 14.4 Å². The quantitative estimate of drug-likeness (QED) is 0.166. The lowest BCUT2D eigenvalue weighted by Gasteiger charge is -2.40. The molecule has 284 valence electrons. The van der Waals surface area contributed by atoms with Gasteiger partial charge in [-0.15, -0.1) is 6.58 Å².